The largest absolute Gasteiger partial charge is 0.468 e. The highest BCUT2D eigenvalue weighted by atomic mass is 19.2. The quantitative estimate of drug-likeness (QED) is 0.663. The Morgan fingerprint density at radius 1 is 1.32 bits per heavy atom. The van der Waals surface area contributed by atoms with Crippen LogP contribution in [0.4, 0.5) is 13.2 Å². The molecular formula is C13H16F3NO2. The molecule has 1 rings (SSSR count). The van der Waals surface area contributed by atoms with Crippen molar-refractivity contribution in [3.8, 4) is 0 Å². The first-order valence-corrected chi connectivity index (χ1v) is 5.89. The maximum Gasteiger partial charge on any atom is 0.327 e. The van der Waals surface area contributed by atoms with E-state index in [-0.39, 0.29) is 11.6 Å². The minimum Gasteiger partial charge on any atom is -0.468 e. The monoisotopic (exact) mass is 275 g/mol. The molecule has 0 aliphatic carbocycles. The zero-order chi connectivity index (χ0) is 14.6. The third-order valence-corrected chi connectivity index (χ3v) is 2.84. The molecule has 1 aromatic rings. The summed E-state index contributed by atoms with van der Waals surface area (Å²) in [6.45, 7) is 3.70. The van der Waals surface area contributed by atoms with Gasteiger partial charge in [-0.15, -0.1) is 0 Å². The highest BCUT2D eigenvalue weighted by molar-refractivity contribution is 5.77. The van der Waals surface area contributed by atoms with E-state index in [0.29, 0.717) is 6.42 Å². The summed E-state index contributed by atoms with van der Waals surface area (Å²) in [5.74, 6) is -4.92. The lowest BCUT2D eigenvalue weighted by Crippen LogP contribution is -2.35. The second-order valence-electron chi connectivity index (χ2n) is 4.23. The Labute approximate surface area is 109 Å². The van der Waals surface area contributed by atoms with Crippen LogP contribution in [-0.4, -0.2) is 19.1 Å². The third kappa shape index (κ3) is 3.70. The normalized spacial score (nSPS) is 14.0. The maximum atomic E-state index is 13.2. The highest BCUT2D eigenvalue weighted by Gasteiger charge is 2.25. The average Bonchev–Trinajstić information content (AvgIpc) is 2.40. The molecule has 106 valence electrons. The Hall–Kier alpha value is -1.56. The van der Waals surface area contributed by atoms with Crippen molar-refractivity contribution >= 4 is 5.97 Å². The molecule has 0 bridgehead atoms. The standard InChI is InChI=1S/C13H16F3NO2/c1-4-7(2)17-12(13(18)19-3)8-5-9(14)11(16)10(15)6-8/h5-7,12,17H,4H2,1-3H3. The van der Waals surface area contributed by atoms with Gasteiger partial charge in [0, 0.05) is 6.04 Å². The molecule has 0 aliphatic rings. The molecule has 0 radical (unpaired) electrons. The predicted octanol–water partition coefficient (Wildman–Crippen LogP) is 2.71. The lowest BCUT2D eigenvalue weighted by molar-refractivity contribution is -0.143. The molecule has 0 aromatic heterocycles. The van der Waals surface area contributed by atoms with E-state index in [0.717, 1.165) is 12.1 Å². The average molecular weight is 275 g/mol. The van der Waals surface area contributed by atoms with Crippen LogP contribution in [-0.2, 0) is 9.53 Å². The minimum atomic E-state index is -1.56. The van der Waals surface area contributed by atoms with E-state index in [1.807, 2.05) is 13.8 Å². The number of methoxy groups -OCH3 is 1. The molecule has 19 heavy (non-hydrogen) atoms. The van der Waals surface area contributed by atoms with Gasteiger partial charge in [-0.25, -0.2) is 18.0 Å². The number of carbonyl (C=O) groups is 1. The molecule has 0 spiro atoms. The van der Waals surface area contributed by atoms with Crippen molar-refractivity contribution in [2.75, 3.05) is 7.11 Å². The third-order valence-electron chi connectivity index (χ3n) is 2.84. The Morgan fingerprint density at radius 2 is 1.84 bits per heavy atom. The van der Waals surface area contributed by atoms with Gasteiger partial charge in [-0.1, -0.05) is 6.92 Å². The molecule has 6 heteroatoms. The number of hydrogen-bond acceptors (Lipinski definition) is 3. The summed E-state index contributed by atoms with van der Waals surface area (Å²) in [6.07, 6.45) is 0.708. The van der Waals surface area contributed by atoms with Crippen LogP contribution in [0.25, 0.3) is 0 Å². The van der Waals surface area contributed by atoms with Crippen molar-refractivity contribution in [1.29, 1.82) is 0 Å². The SMILES string of the molecule is CCC(C)NC(C(=O)OC)c1cc(F)c(F)c(F)c1. The van der Waals surface area contributed by atoms with Gasteiger partial charge in [0.2, 0.25) is 0 Å². The molecule has 0 amide bonds. The summed E-state index contributed by atoms with van der Waals surface area (Å²) < 4.78 is 43.9. The number of ether oxygens (including phenoxy) is 1. The molecule has 0 saturated heterocycles. The number of benzene rings is 1. The Morgan fingerprint density at radius 3 is 2.26 bits per heavy atom. The molecule has 0 aliphatic heterocycles. The fourth-order valence-corrected chi connectivity index (χ4v) is 1.56. The molecule has 3 nitrogen and oxygen atoms in total. The van der Waals surface area contributed by atoms with Crippen LogP contribution in [0.2, 0.25) is 0 Å². The number of hydrogen-bond donors (Lipinski definition) is 1. The summed E-state index contributed by atoms with van der Waals surface area (Å²) in [5.41, 5.74) is -0.0106. The number of halogens is 3. The second kappa shape index (κ2) is 6.56. The van der Waals surface area contributed by atoms with E-state index < -0.39 is 29.5 Å². The van der Waals surface area contributed by atoms with Gasteiger partial charge in [0.25, 0.3) is 0 Å². The molecule has 0 heterocycles. The van der Waals surface area contributed by atoms with Gasteiger partial charge in [-0.05, 0) is 31.0 Å². The second-order valence-corrected chi connectivity index (χ2v) is 4.23. The molecular weight excluding hydrogens is 259 g/mol. The molecule has 2 atom stereocenters. The minimum absolute atomic E-state index is 0.0106. The van der Waals surface area contributed by atoms with Gasteiger partial charge >= 0.3 is 5.97 Å². The highest BCUT2D eigenvalue weighted by Crippen LogP contribution is 2.21. The summed E-state index contributed by atoms with van der Waals surface area (Å²) in [4.78, 5) is 11.6. The maximum absolute atomic E-state index is 13.2. The lowest BCUT2D eigenvalue weighted by atomic mass is 10.0. The van der Waals surface area contributed by atoms with E-state index in [1.165, 1.54) is 7.11 Å². The van der Waals surface area contributed by atoms with E-state index in [4.69, 9.17) is 0 Å². The first-order chi connectivity index (χ1) is 8.90. The van der Waals surface area contributed by atoms with Crippen molar-refractivity contribution < 1.29 is 22.7 Å². The van der Waals surface area contributed by atoms with Crippen molar-refractivity contribution in [2.45, 2.75) is 32.4 Å². The van der Waals surface area contributed by atoms with E-state index in [2.05, 4.69) is 10.1 Å². The van der Waals surface area contributed by atoms with Gasteiger partial charge in [-0.2, -0.15) is 0 Å². The number of esters is 1. The Kier molecular flexibility index (Phi) is 5.35. The molecule has 2 unspecified atom stereocenters. The zero-order valence-electron chi connectivity index (χ0n) is 11.0. The number of nitrogens with one attached hydrogen (secondary N) is 1. The lowest BCUT2D eigenvalue weighted by Gasteiger charge is -2.21. The zero-order valence-corrected chi connectivity index (χ0v) is 11.0. The van der Waals surface area contributed by atoms with Crippen molar-refractivity contribution in [3.05, 3.63) is 35.1 Å². The molecule has 1 N–H and O–H groups in total. The Bertz CT molecular complexity index is 442. The topological polar surface area (TPSA) is 38.3 Å². The van der Waals surface area contributed by atoms with E-state index in [1.54, 1.807) is 0 Å². The smallest absolute Gasteiger partial charge is 0.327 e. The first-order valence-electron chi connectivity index (χ1n) is 5.89. The van der Waals surface area contributed by atoms with Crippen LogP contribution in [0.5, 0.6) is 0 Å². The fraction of sp³-hybridized carbons (Fsp3) is 0.462. The molecule has 0 fully saturated rings. The van der Waals surface area contributed by atoms with Gasteiger partial charge < -0.3 is 4.74 Å². The van der Waals surface area contributed by atoms with Crippen molar-refractivity contribution in [2.24, 2.45) is 0 Å². The number of rotatable bonds is 5. The van der Waals surface area contributed by atoms with Crippen LogP contribution < -0.4 is 5.32 Å². The van der Waals surface area contributed by atoms with Gasteiger partial charge in [0.05, 0.1) is 7.11 Å². The Balaban J connectivity index is 3.14. The van der Waals surface area contributed by atoms with Gasteiger partial charge in [-0.3, -0.25) is 5.32 Å². The first kappa shape index (κ1) is 15.5. The van der Waals surface area contributed by atoms with Crippen LogP contribution >= 0.6 is 0 Å². The van der Waals surface area contributed by atoms with Crippen LogP contribution in [0.1, 0.15) is 31.9 Å². The summed E-state index contributed by atoms with van der Waals surface area (Å²) >= 11 is 0. The van der Waals surface area contributed by atoms with Crippen LogP contribution in [0, 0.1) is 17.5 Å². The van der Waals surface area contributed by atoms with E-state index >= 15 is 0 Å². The van der Waals surface area contributed by atoms with E-state index in [9.17, 15) is 18.0 Å². The molecule has 1 aromatic carbocycles. The number of carbonyl (C=O) groups excluding carboxylic acids is 1. The summed E-state index contributed by atoms with van der Waals surface area (Å²) in [5, 5.41) is 2.88. The van der Waals surface area contributed by atoms with Gasteiger partial charge in [0.15, 0.2) is 17.5 Å². The summed E-state index contributed by atoms with van der Waals surface area (Å²) in [7, 11) is 1.17. The fourth-order valence-electron chi connectivity index (χ4n) is 1.56. The molecule has 0 saturated carbocycles. The predicted molar refractivity (Wildman–Crippen MR) is 64.0 cm³/mol. The van der Waals surface area contributed by atoms with Crippen molar-refractivity contribution in [3.63, 3.8) is 0 Å². The van der Waals surface area contributed by atoms with Gasteiger partial charge in [0.1, 0.15) is 6.04 Å². The summed E-state index contributed by atoms with van der Waals surface area (Å²) in [6, 6.07) is 0.468. The van der Waals surface area contributed by atoms with Crippen LogP contribution in [0.3, 0.4) is 0 Å². The van der Waals surface area contributed by atoms with Crippen molar-refractivity contribution in [1.82, 2.24) is 5.32 Å². The van der Waals surface area contributed by atoms with Crippen LogP contribution in [0.15, 0.2) is 12.1 Å².